The normalized spacial score (nSPS) is 15.6. The summed E-state index contributed by atoms with van der Waals surface area (Å²) in [6.45, 7) is 3.66. The smallest absolute Gasteiger partial charge is 0.269 e. The topological polar surface area (TPSA) is 106 Å². The maximum absolute atomic E-state index is 13.2. The van der Waals surface area contributed by atoms with E-state index in [9.17, 15) is 19.7 Å². The molecule has 0 bridgehead atoms. The summed E-state index contributed by atoms with van der Waals surface area (Å²) in [5, 5.41) is 10.9. The standard InChI is InChI=1S/C22H27N3O6/c1-2-11-23(22(27)17-7-9-18(10-8-17)25(28)29)16-21(26)24(14-19-5-3-12-30-19)15-20-6-4-13-31-20/h3,5,7-10,12,20H,2,4,6,11,13-16H2,1H3/t20-/m0/s1. The number of rotatable bonds is 10. The molecule has 2 amide bonds. The van der Waals surface area contributed by atoms with Crippen molar-refractivity contribution in [1.82, 2.24) is 9.80 Å². The number of nitro benzene ring substituents is 1. The number of nitro groups is 1. The van der Waals surface area contributed by atoms with E-state index in [1.54, 1.807) is 17.2 Å². The van der Waals surface area contributed by atoms with Crippen molar-refractivity contribution in [2.45, 2.75) is 38.8 Å². The third kappa shape index (κ3) is 6.14. The van der Waals surface area contributed by atoms with Crippen LogP contribution >= 0.6 is 0 Å². The SMILES string of the molecule is CCCN(CC(=O)N(Cc1ccco1)C[C@@H]1CCCO1)C(=O)c1ccc([N+](=O)[O-])cc1. The summed E-state index contributed by atoms with van der Waals surface area (Å²) in [5.74, 6) is 0.130. The molecule has 1 atom stereocenters. The molecule has 9 heteroatoms. The van der Waals surface area contributed by atoms with Crippen molar-refractivity contribution < 1.29 is 23.7 Å². The highest BCUT2D eigenvalue weighted by Crippen LogP contribution is 2.17. The summed E-state index contributed by atoms with van der Waals surface area (Å²) in [6, 6.07) is 8.99. The van der Waals surface area contributed by atoms with E-state index in [1.165, 1.54) is 29.2 Å². The zero-order valence-electron chi connectivity index (χ0n) is 17.6. The van der Waals surface area contributed by atoms with Gasteiger partial charge in [-0.3, -0.25) is 19.7 Å². The van der Waals surface area contributed by atoms with E-state index in [-0.39, 0.29) is 30.2 Å². The molecule has 0 N–H and O–H groups in total. The van der Waals surface area contributed by atoms with Gasteiger partial charge in [-0.05, 0) is 43.5 Å². The quantitative estimate of drug-likeness (QED) is 0.424. The van der Waals surface area contributed by atoms with Gasteiger partial charge in [0.1, 0.15) is 12.3 Å². The predicted octanol–water partition coefficient (Wildman–Crippen LogP) is 3.25. The van der Waals surface area contributed by atoms with Gasteiger partial charge >= 0.3 is 0 Å². The van der Waals surface area contributed by atoms with E-state index in [2.05, 4.69) is 0 Å². The first-order valence-electron chi connectivity index (χ1n) is 10.4. The molecular formula is C22H27N3O6. The molecule has 1 aliphatic rings. The van der Waals surface area contributed by atoms with Crippen LogP contribution in [0.3, 0.4) is 0 Å². The van der Waals surface area contributed by atoms with E-state index < -0.39 is 4.92 Å². The Balaban J connectivity index is 1.72. The summed E-state index contributed by atoms with van der Waals surface area (Å²) < 4.78 is 11.1. The maximum atomic E-state index is 13.2. The fourth-order valence-electron chi connectivity index (χ4n) is 3.57. The van der Waals surface area contributed by atoms with E-state index in [0.29, 0.717) is 44.0 Å². The molecule has 3 rings (SSSR count). The van der Waals surface area contributed by atoms with Crippen LogP contribution in [0, 0.1) is 10.1 Å². The van der Waals surface area contributed by atoms with Crippen LogP contribution in [0.4, 0.5) is 5.69 Å². The molecule has 0 saturated carbocycles. The van der Waals surface area contributed by atoms with E-state index >= 15 is 0 Å². The number of amides is 2. The molecule has 1 aromatic carbocycles. The van der Waals surface area contributed by atoms with Gasteiger partial charge in [0.15, 0.2) is 0 Å². The fourth-order valence-corrected chi connectivity index (χ4v) is 3.57. The van der Waals surface area contributed by atoms with Gasteiger partial charge in [0.05, 0.1) is 23.8 Å². The molecule has 2 heterocycles. The second kappa shape index (κ2) is 10.7. The van der Waals surface area contributed by atoms with E-state index in [1.807, 2.05) is 13.0 Å². The van der Waals surface area contributed by atoms with E-state index in [0.717, 1.165) is 12.8 Å². The Morgan fingerprint density at radius 2 is 1.97 bits per heavy atom. The lowest BCUT2D eigenvalue weighted by molar-refractivity contribution is -0.384. The number of ether oxygens (including phenoxy) is 1. The summed E-state index contributed by atoms with van der Waals surface area (Å²) in [7, 11) is 0. The molecule has 1 aliphatic heterocycles. The van der Waals surface area contributed by atoms with Crippen LogP contribution < -0.4 is 0 Å². The van der Waals surface area contributed by atoms with E-state index in [4.69, 9.17) is 9.15 Å². The van der Waals surface area contributed by atoms with Crippen LogP contribution in [0.1, 0.15) is 42.3 Å². The van der Waals surface area contributed by atoms with Crippen LogP contribution in [0.2, 0.25) is 0 Å². The maximum Gasteiger partial charge on any atom is 0.269 e. The Labute approximate surface area is 180 Å². The Kier molecular flexibility index (Phi) is 7.77. The van der Waals surface area contributed by atoms with Crippen LogP contribution in [-0.4, -0.2) is 58.9 Å². The zero-order chi connectivity index (χ0) is 22.2. The molecule has 0 aliphatic carbocycles. The van der Waals surface area contributed by atoms with Gasteiger partial charge in [-0.1, -0.05) is 6.92 Å². The molecule has 166 valence electrons. The van der Waals surface area contributed by atoms with Gasteiger partial charge in [0, 0.05) is 37.4 Å². The lowest BCUT2D eigenvalue weighted by Gasteiger charge is -2.28. The van der Waals surface area contributed by atoms with Gasteiger partial charge in [-0.25, -0.2) is 0 Å². The monoisotopic (exact) mass is 429 g/mol. The number of benzene rings is 1. The minimum Gasteiger partial charge on any atom is -0.467 e. The summed E-state index contributed by atoms with van der Waals surface area (Å²) in [5.41, 5.74) is 0.222. The lowest BCUT2D eigenvalue weighted by Crippen LogP contribution is -2.45. The average Bonchev–Trinajstić information content (AvgIpc) is 3.47. The van der Waals surface area contributed by atoms with Gasteiger partial charge in [0.25, 0.3) is 11.6 Å². The first-order chi connectivity index (χ1) is 15.0. The highest BCUT2D eigenvalue weighted by Gasteiger charge is 2.26. The van der Waals surface area contributed by atoms with Crippen LogP contribution in [0.25, 0.3) is 0 Å². The Hall–Kier alpha value is -3.20. The molecule has 31 heavy (non-hydrogen) atoms. The van der Waals surface area contributed by atoms with Crippen molar-refractivity contribution in [3.8, 4) is 0 Å². The Morgan fingerprint density at radius 3 is 2.55 bits per heavy atom. The van der Waals surface area contributed by atoms with Crippen LogP contribution in [-0.2, 0) is 16.1 Å². The highest BCUT2D eigenvalue weighted by atomic mass is 16.6. The Morgan fingerprint density at radius 1 is 1.19 bits per heavy atom. The van der Waals surface area contributed by atoms with Gasteiger partial charge in [-0.15, -0.1) is 0 Å². The predicted molar refractivity (Wildman–Crippen MR) is 112 cm³/mol. The largest absolute Gasteiger partial charge is 0.467 e. The molecule has 2 aromatic rings. The molecule has 0 unspecified atom stereocenters. The third-order valence-electron chi connectivity index (χ3n) is 5.16. The molecular weight excluding hydrogens is 402 g/mol. The van der Waals surface area contributed by atoms with Crippen LogP contribution in [0.5, 0.6) is 0 Å². The van der Waals surface area contributed by atoms with Crippen molar-refractivity contribution >= 4 is 17.5 Å². The number of furan rings is 1. The van der Waals surface area contributed by atoms with Crippen molar-refractivity contribution in [2.75, 3.05) is 26.2 Å². The average molecular weight is 429 g/mol. The second-order valence-corrected chi connectivity index (χ2v) is 7.52. The number of carbonyl (C=O) groups is 2. The van der Waals surface area contributed by atoms with Gasteiger partial charge in [-0.2, -0.15) is 0 Å². The molecule has 9 nitrogen and oxygen atoms in total. The fraction of sp³-hybridized carbons (Fsp3) is 0.455. The summed E-state index contributed by atoms with van der Waals surface area (Å²) in [4.78, 5) is 39.6. The van der Waals surface area contributed by atoms with Gasteiger partial charge < -0.3 is 19.0 Å². The van der Waals surface area contributed by atoms with Crippen molar-refractivity contribution in [2.24, 2.45) is 0 Å². The first kappa shape index (κ1) is 22.5. The van der Waals surface area contributed by atoms with Crippen molar-refractivity contribution in [3.05, 3.63) is 64.1 Å². The van der Waals surface area contributed by atoms with Crippen molar-refractivity contribution in [3.63, 3.8) is 0 Å². The number of non-ortho nitro benzene ring substituents is 1. The molecule has 0 radical (unpaired) electrons. The molecule has 1 saturated heterocycles. The highest BCUT2D eigenvalue weighted by molar-refractivity contribution is 5.96. The summed E-state index contributed by atoms with van der Waals surface area (Å²) in [6.07, 6.45) is 4.07. The summed E-state index contributed by atoms with van der Waals surface area (Å²) >= 11 is 0. The van der Waals surface area contributed by atoms with Crippen LogP contribution in [0.15, 0.2) is 47.1 Å². The van der Waals surface area contributed by atoms with Crippen molar-refractivity contribution in [1.29, 1.82) is 0 Å². The minimum absolute atomic E-state index is 0.0242. The lowest BCUT2D eigenvalue weighted by atomic mass is 10.1. The third-order valence-corrected chi connectivity index (χ3v) is 5.16. The second-order valence-electron chi connectivity index (χ2n) is 7.52. The van der Waals surface area contributed by atoms with Gasteiger partial charge in [0.2, 0.25) is 5.91 Å². The molecule has 1 fully saturated rings. The first-order valence-corrected chi connectivity index (χ1v) is 10.4. The Bertz CT molecular complexity index is 875. The minimum atomic E-state index is -0.515. The zero-order valence-corrected chi connectivity index (χ0v) is 17.6. The number of hydrogen-bond donors (Lipinski definition) is 0. The number of nitrogens with zero attached hydrogens (tertiary/aromatic N) is 3. The molecule has 1 aromatic heterocycles. The molecule has 0 spiro atoms. The number of carbonyl (C=O) groups excluding carboxylic acids is 2. The number of hydrogen-bond acceptors (Lipinski definition) is 6.